The highest BCUT2D eigenvalue weighted by molar-refractivity contribution is 7.09. The van der Waals surface area contributed by atoms with Gasteiger partial charge >= 0.3 is 0 Å². The van der Waals surface area contributed by atoms with Gasteiger partial charge in [-0.2, -0.15) is 0 Å². The van der Waals surface area contributed by atoms with E-state index in [0.717, 1.165) is 13.0 Å². The summed E-state index contributed by atoms with van der Waals surface area (Å²) in [7, 11) is 2.19. The van der Waals surface area contributed by atoms with E-state index >= 15 is 0 Å². The number of anilines is 1. The highest BCUT2D eigenvalue weighted by atomic mass is 32.1. The maximum atomic E-state index is 3.65. The minimum Gasteiger partial charge on any atom is -0.374 e. The molecule has 0 saturated heterocycles. The van der Waals surface area contributed by atoms with Crippen molar-refractivity contribution in [2.75, 3.05) is 18.5 Å². The Morgan fingerprint density at radius 3 is 3.05 bits per heavy atom. The summed E-state index contributed by atoms with van der Waals surface area (Å²) in [6.45, 7) is 4.41. The molecule has 2 aromatic rings. The van der Waals surface area contributed by atoms with Crippen LogP contribution in [0.15, 0.2) is 35.7 Å². The fourth-order valence-corrected chi connectivity index (χ4v) is 3.88. The molecule has 2 heterocycles. The monoisotopic (exact) mass is 300 g/mol. The standard InChI is InChI=1S/C18H24N2S/c1-14(11-17-6-4-10-21-17)19-13-15-7-8-18-16(12-15)5-3-9-20(18)2/h4,6-8,10,12,14,19H,3,5,9,11,13H2,1-2H3. The van der Waals surface area contributed by atoms with Crippen molar-refractivity contribution >= 4 is 17.0 Å². The molecule has 1 N–H and O–H groups in total. The first-order valence-electron chi connectivity index (χ1n) is 7.81. The number of fused-ring (bicyclic) bond motifs is 1. The Hall–Kier alpha value is -1.32. The Kier molecular flexibility index (Phi) is 4.61. The minimum absolute atomic E-state index is 0.516. The van der Waals surface area contributed by atoms with Gasteiger partial charge in [0.1, 0.15) is 0 Å². The van der Waals surface area contributed by atoms with Gasteiger partial charge in [-0.25, -0.2) is 0 Å². The molecule has 0 aliphatic carbocycles. The van der Waals surface area contributed by atoms with E-state index in [1.165, 1.54) is 41.1 Å². The number of benzene rings is 1. The predicted molar refractivity (Wildman–Crippen MR) is 92.4 cm³/mol. The van der Waals surface area contributed by atoms with Crippen LogP contribution in [0.3, 0.4) is 0 Å². The van der Waals surface area contributed by atoms with Crippen molar-refractivity contribution in [2.24, 2.45) is 0 Å². The lowest BCUT2D eigenvalue weighted by Gasteiger charge is -2.28. The maximum absolute atomic E-state index is 3.65. The lowest BCUT2D eigenvalue weighted by atomic mass is 9.99. The highest BCUT2D eigenvalue weighted by Gasteiger charge is 2.13. The van der Waals surface area contributed by atoms with E-state index in [4.69, 9.17) is 0 Å². The third-order valence-electron chi connectivity index (χ3n) is 4.24. The van der Waals surface area contributed by atoms with Crippen molar-refractivity contribution in [1.29, 1.82) is 0 Å². The van der Waals surface area contributed by atoms with Crippen LogP contribution in [0.2, 0.25) is 0 Å². The number of thiophene rings is 1. The van der Waals surface area contributed by atoms with Gasteiger partial charge in [0.2, 0.25) is 0 Å². The average molecular weight is 300 g/mol. The molecular formula is C18H24N2S. The number of hydrogen-bond acceptors (Lipinski definition) is 3. The van der Waals surface area contributed by atoms with Gasteiger partial charge in [-0.3, -0.25) is 0 Å². The molecule has 112 valence electrons. The molecule has 3 heteroatoms. The van der Waals surface area contributed by atoms with Crippen molar-refractivity contribution in [2.45, 2.75) is 38.8 Å². The van der Waals surface area contributed by atoms with Crippen LogP contribution in [-0.2, 0) is 19.4 Å². The van der Waals surface area contributed by atoms with Crippen molar-refractivity contribution in [1.82, 2.24) is 5.32 Å². The molecule has 1 aliphatic rings. The molecule has 2 nitrogen and oxygen atoms in total. The molecule has 1 aromatic carbocycles. The SMILES string of the molecule is CC(Cc1cccs1)NCc1ccc2c(c1)CCCN2C. The fourth-order valence-electron chi connectivity index (χ4n) is 3.04. The maximum Gasteiger partial charge on any atom is 0.0396 e. The molecule has 0 bridgehead atoms. The number of hydrogen-bond donors (Lipinski definition) is 1. The Labute approximate surface area is 131 Å². The second kappa shape index (κ2) is 6.63. The van der Waals surface area contributed by atoms with Crippen LogP contribution in [-0.4, -0.2) is 19.6 Å². The van der Waals surface area contributed by atoms with Crippen LogP contribution in [0.1, 0.15) is 29.3 Å². The number of nitrogens with zero attached hydrogens (tertiary/aromatic N) is 1. The van der Waals surface area contributed by atoms with Crippen molar-refractivity contribution in [3.8, 4) is 0 Å². The topological polar surface area (TPSA) is 15.3 Å². The predicted octanol–water partition coefficient (Wildman–Crippen LogP) is 3.85. The van der Waals surface area contributed by atoms with Gasteiger partial charge in [-0.05, 0) is 54.8 Å². The quantitative estimate of drug-likeness (QED) is 0.902. The minimum atomic E-state index is 0.516. The van der Waals surface area contributed by atoms with Gasteiger partial charge in [-0.1, -0.05) is 18.2 Å². The van der Waals surface area contributed by atoms with E-state index in [2.05, 4.69) is 59.9 Å². The first-order valence-corrected chi connectivity index (χ1v) is 8.69. The van der Waals surface area contributed by atoms with Crippen LogP contribution >= 0.6 is 11.3 Å². The Morgan fingerprint density at radius 2 is 2.24 bits per heavy atom. The summed E-state index contributed by atoms with van der Waals surface area (Å²) in [5, 5.41) is 5.80. The highest BCUT2D eigenvalue weighted by Crippen LogP contribution is 2.26. The molecular weight excluding hydrogens is 276 g/mol. The molecule has 1 unspecified atom stereocenters. The first-order chi connectivity index (χ1) is 10.2. The van der Waals surface area contributed by atoms with Crippen LogP contribution in [0.4, 0.5) is 5.69 Å². The number of nitrogens with one attached hydrogen (secondary N) is 1. The van der Waals surface area contributed by atoms with E-state index in [1.54, 1.807) is 0 Å². The van der Waals surface area contributed by atoms with Crippen molar-refractivity contribution in [3.63, 3.8) is 0 Å². The van der Waals surface area contributed by atoms with Gasteiger partial charge in [-0.15, -0.1) is 11.3 Å². The van der Waals surface area contributed by atoms with Gasteiger partial charge in [0.15, 0.2) is 0 Å². The smallest absolute Gasteiger partial charge is 0.0396 e. The second-order valence-electron chi connectivity index (χ2n) is 6.05. The first kappa shape index (κ1) is 14.6. The number of aryl methyl sites for hydroxylation is 1. The molecule has 0 saturated carbocycles. The van der Waals surface area contributed by atoms with Gasteiger partial charge < -0.3 is 10.2 Å². The van der Waals surface area contributed by atoms with E-state index in [-0.39, 0.29) is 0 Å². The van der Waals surface area contributed by atoms with Crippen LogP contribution in [0, 0.1) is 0 Å². The molecule has 1 aromatic heterocycles. The molecule has 3 rings (SSSR count). The van der Waals surface area contributed by atoms with E-state index in [9.17, 15) is 0 Å². The zero-order chi connectivity index (χ0) is 14.7. The zero-order valence-electron chi connectivity index (χ0n) is 12.9. The van der Waals surface area contributed by atoms with Gasteiger partial charge in [0.25, 0.3) is 0 Å². The van der Waals surface area contributed by atoms with Crippen LogP contribution in [0.25, 0.3) is 0 Å². The van der Waals surface area contributed by atoms with Crippen LogP contribution < -0.4 is 10.2 Å². The molecule has 0 fully saturated rings. The lowest BCUT2D eigenvalue weighted by Crippen LogP contribution is -2.28. The fraction of sp³-hybridized carbons (Fsp3) is 0.444. The van der Waals surface area contributed by atoms with Gasteiger partial charge in [0.05, 0.1) is 0 Å². The summed E-state index contributed by atoms with van der Waals surface area (Å²) in [5.41, 5.74) is 4.33. The Balaban J connectivity index is 1.58. The Morgan fingerprint density at radius 1 is 1.33 bits per heavy atom. The molecule has 21 heavy (non-hydrogen) atoms. The van der Waals surface area contributed by atoms with E-state index in [1.807, 2.05) is 11.3 Å². The lowest BCUT2D eigenvalue weighted by molar-refractivity contribution is 0.548. The second-order valence-corrected chi connectivity index (χ2v) is 7.09. The van der Waals surface area contributed by atoms with E-state index in [0.29, 0.717) is 6.04 Å². The number of rotatable bonds is 5. The Bertz CT molecular complexity index is 577. The zero-order valence-corrected chi connectivity index (χ0v) is 13.7. The third kappa shape index (κ3) is 3.66. The average Bonchev–Trinajstić information content (AvgIpc) is 2.98. The largest absolute Gasteiger partial charge is 0.374 e. The molecule has 0 radical (unpaired) electrons. The summed E-state index contributed by atoms with van der Waals surface area (Å²) >= 11 is 1.85. The summed E-state index contributed by atoms with van der Waals surface area (Å²) < 4.78 is 0. The normalized spacial score (nSPS) is 15.8. The molecule has 1 aliphatic heterocycles. The van der Waals surface area contributed by atoms with Crippen molar-refractivity contribution < 1.29 is 0 Å². The summed E-state index contributed by atoms with van der Waals surface area (Å²) in [5.74, 6) is 0. The molecule has 0 spiro atoms. The molecule has 0 amide bonds. The summed E-state index contributed by atoms with van der Waals surface area (Å²) in [6, 6.07) is 11.8. The summed E-state index contributed by atoms with van der Waals surface area (Å²) in [4.78, 5) is 3.83. The van der Waals surface area contributed by atoms with E-state index < -0.39 is 0 Å². The van der Waals surface area contributed by atoms with Crippen molar-refractivity contribution in [3.05, 3.63) is 51.7 Å². The molecule has 1 atom stereocenters. The van der Waals surface area contributed by atoms with Crippen LogP contribution in [0.5, 0.6) is 0 Å². The van der Waals surface area contributed by atoms with Gasteiger partial charge in [0, 0.05) is 36.7 Å². The third-order valence-corrected chi connectivity index (χ3v) is 5.14. The summed E-state index contributed by atoms with van der Waals surface area (Å²) in [6.07, 6.45) is 3.61.